The van der Waals surface area contributed by atoms with Crippen molar-refractivity contribution >= 4 is 49.9 Å². The fourth-order valence-corrected chi connectivity index (χ4v) is 107. The van der Waals surface area contributed by atoms with E-state index >= 15 is 0 Å². The third kappa shape index (κ3) is 4.09. The van der Waals surface area contributed by atoms with E-state index in [-0.39, 0.29) is 0 Å². The van der Waals surface area contributed by atoms with Crippen LogP contribution in [-0.4, -0.2) is 0 Å². The Morgan fingerprint density at radius 1 is 0.444 bits per heavy atom. The Hall–Kier alpha value is -2.79. The van der Waals surface area contributed by atoms with E-state index in [1.165, 1.54) is 66.8 Å². The predicted octanol–water partition coefficient (Wildman–Crippen LogP) is 12.4. The van der Waals surface area contributed by atoms with Gasteiger partial charge in [-0.15, -0.1) is 0 Å². The summed E-state index contributed by atoms with van der Waals surface area (Å²) in [4.78, 5) is 0. The second kappa shape index (κ2) is 11.6. The number of rotatable bonds is 5. The zero-order valence-electron chi connectivity index (χ0n) is 29.3. The Bertz CT molecular complexity index is 2730. The molecule has 0 saturated heterocycles. The molecular formula is C48H34Cl4Zr2. The van der Waals surface area contributed by atoms with Gasteiger partial charge in [0, 0.05) is 0 Å². The predicted molar refractivity (Wildman–Crippen MR) is 225 cm³/mol. The Kier molecular flexibility index (Phi) is 7.42. The summed E-state index contributed by atoms with van der Waals surface area (Å²) in [7, 11) is 30.1. The van der Waals surface area contributed by atoms with Crippen LogP contribution >= 0.6 is 34.1 Å². The molecule has 0 fully saturated rings. The Balaban J connectivity index is 1.35. The molecule has 0 spiro atoms. The fourth-order valence-electron chi connectivity index (χ4n) is 11.0. The van der Waals surface area contributed by atoms with E-state index in [0.717, 1.165) is 40.2 Å². The van der Waals surface area contributed by atoms with Crippen LogP contribution in [-0.2, 0) is 42.5 Å². The standard InChI is InChI=1S/3C13H9.C9H7.4ClH.2Zr/c3*1-3-7-12-10(5-1)9-11-6-2-4-8-13(11)12;1-2-5-9-7-3-6-8(9)4-1;;;;;;/h3*1-5,7-8H,9H2;1-7H;4*1H;;/q;;;;;;;;2*+2/p-4. The molecule has 0 aromatic heterocycles. The number of benzene rings is 7. The molecule has 0 heterocycles. The number of hydrogen-bond acceptors (Lipinski definition) is 0. The quantitative estimate of drug-likeness (QED) is 0.161. The Morgan fingerprint density at radius 3 is 1.43 bits per heavy atom. The summed E-state index contributed by atoms with van der Waals surface area (Å²) in [6.07, 6.45) is 6.69. The first-order valence-corrected chi connectivity index (χ1v) is 45.0. The summed E-state index contributed by atoms with van der Waals surface area (Å²) < 4.78 is 2.57. The molecule has 0 bridgehead atoms. The van der Waals surface area contributed by atoms with Crippen LogP contribution < -0.4 is 9.81 Å². The minimum atomic E-state index is -7.03. The van der Waals surface area contributed by atoms with E-state index in [9.17, 15) is 17.0 Å². The summed E-state index contributed by atoms with van der Waals surface area (Å²) in [5, 5.41) is 0. The molecule has 0 aliphatic heterocycles. The van der Waals surface area contributed by atoms with Crippen LogP contribution in [0.2, 0.25) is 0 Å². The first-order chi connectivity index (χ1) is 26.2. The third-order valence-electron chi connectivity index (χ3n) is 13.4. The number of halogens is 4. The van der Waals surface area contributed by atoms with Crippen LogP contribution in [0.4, 0.5) is 0 Å². The molecular weight excluding hydrogens is 901 g/mol. The molecule has 54 heavy (non-hydrogen) atoms. The maximum atomic E-state index is 9.68. The molecule has 0 radical (unpaired) electrons. The summed E-state index contributed by atoms with van der Waals surface area (Å²) in [5.74, 6) is 0. The van der Waals surface area contributed by atoms with Crippen molar-refractivity contribution < 1.29 is 23.2 Å². The molecule has 0 nitrogen and oxygen atoms in total. The van der Waals surface area contributed by atoms with Gasteiger partial charge in [-0.2, -0.15) is 0 Å². The van der Waals surface area contributed by atoms with Crippen molar-refractivity contribution in [2.24, 2.45) is 0 Å². The zero-order chi connectivity index (χ0) is 36.5. The van der Waals surface area contributed by atoms with Gasteiger partial charge < -0.3 is 0 Å². The molecule has 0 N–H and O–H groups in total. The molecule has 6 heteroatoms. The SMILES string of the molecule is [Cl][Zr]([Cl])([c]1cccc2c1Cc1ccccc1-2)[Zr]([Cl])([Cl])([c]1cccc2c1Cc1ccccc1-2)([c]1cccc2c1Cc1ccccc1-2)[CH]1C=Cc2ccccc21. The van der Waals surface area contributed by atoms with Crippen LogP contribution in [0.5, 0.6) is 0 Å². The van der Waals surface area contributed by atoms with Gasteiger partial charge in [0.05, 0.1) is 0 Å². The van der Waals surface area contributed by atoms with Crippen molar-refractivity contribution in [3.8, 4) is 33.4 Å². The number of allylic oxidation sites excluding steroid dienone is 1. The molecule has 4 aliphatic rings. The summed E-state index contributed by atoms with van der Waals surface area (Å²) in [6, 6.07) is 54.5. The van der Waals surface area contributed by atoms with Gasteiger partial charge in [-0.3, -0.25) is 0 Å². The normalized spacial score (nSPS) is 17.1. The van der Waals surface area contributed by atoms with Crippen molar-refractivity contribution in [3.63, 3.8) is 0 Å². The fraction of sp³-hybridized carbons (Fsp3) is 0.0833. The van der Waals surface area contributed by atoms with E-state index in [2.05, 4.69) is 164 Å². The maximum absolute atomic E-state index is 9.68. The second-order valence-electron chi connectivity index (χ2n) is 15.7. The van der Waals surface area contributed by atoms with Crippen LogP contribution in [0.1, 0.15) is 48.1 Å². The molecule has 262 valence electrons. The first kappa shape index (κ1) is 34.5. The van der Waals surface area contributed by atoms with E-state index < -0.39 is 26.8 Å². The van der Waals surface area contributed by atoms with Gasteiger partial charge in [0.15, 0.2) is 0 Å². The van der Waals surface area contributed by atoms with Gasteiger partial charge in [0.25, 0.3) is 0 Å². The van der Waals surface area contributed by atoms with E-state index in [1.807, 2.05) is 0 Å². The second-order valence-corrected chi connectivity index (χ2v) is 101. The molecule has 4 aliphatic carbocycles. The third-order valence-corrected chi connectivity index (χ3v) is 148. The topological polar surface area (TPSA) is 0 Å². The first-order valence-electron chi connectivity index (χ1n) is 18.7. The minimum absolute atomic E-state index is 0.429. The van der Waals surface area contributed by atoms with Gasteiger partial charge in [0.1, 0.15) is 0 Å². The summed E-state index contributed by atoms with van der Waals surface area (Å²) >= 11 is -5.41. The van der Waals surface area contributed by atoms with Gasteiger partial charge in [0.2, 0.25) is 0 Å². The Labute approximate surface area is 327 Å². The van der Waals surface area contributed by atoms with Crippen molar-refractivity contribution in [1.82, 2.24) is 0 Å². The van der Waals surface area contributed by atoms with Crippen LogP contribution in [0.25, 0.3) is 39.5 Å². The van der Waals surface area contributed by atoms with E-state index in [0.29, 0.717) is 0 Å². The average molecular weight is 935 g/mol. The zero-order valence-corrected chi connectivity index (χ0v) is 37.2. The number of hydrogen-bond donors (Lipinski definition) is 0. The molecule has 7 aromatic carbocycles. The molecule has 1 atom stereocenters. The molecule has 11 rings (SSSR count). The van der Waals surface area contributed by atoms with E-state index in [4.69, 9.17) is 17.0 Å². The van der Waals surface area contributed by atoms with Crippen LogP contribution in [0.15, 0.2) is 158 Å². The molecule has 0 saturated carbocycles. The van der Waals surface area contributed by atoms with Gasteiger partial charge in [-0.05, 0) is 0 Å². The monoisotopic (exact) mass is 930 g/mol. The summed E-state index contributed by atoms with van der Waals surface area (Å²) in [6.45, 7) is 0. The van der Waals surface area contributed by atoms with Crippen molar-refractivity contribution in [2.75, 3.05) is 0 Å². The van der Waals surface area contributed by atoms with Crippen molar-refractivity contribution in [2.45, 2.75) is 22.9 Å². The van der Waals surface area contributed by atoms with Crippen molar-refractivity contribution in [3.05, 3.63) is 202 Å². The van der Waals surface area contributed by atoms with Crippen LogP contribution in [0.3, 0.4) is 0 Å². The van der Waals surface area contributed by atoms with Gasteiger partial charge >= 0.3 is 332 Å². The van der Waals surface area contributed by atoms with Crippen LogP contribution in [0, 0.1) is 0 Å². The Morgan fingerprint density at radius 2 is 0.870 bits per heavy atom. The van der Waals surface area contributed by atoms with Crippen molar-refractivity contribution in [1.29, 1.82) is 0 Å². The molecule has 7 aromatic rings. The number of fused-ring (bicyclic) bond motifs is 10. The van der Waals surface area contributed by atoms with Gasteiger partial charge in [-0.25, -0.2) is 0 Å². The average Bonchev–Trinajstić information content (AvgIpc) is 3.99. The molecule has 1 unspecified atom stereocenters. The summed E-state index contributed by atoms with van der Waals surface area (Å²) in [5.41, 5.74) is 16.8. The molecule has 0 amide bonds. The van der Waals surface area contributed by atoms with Gasteiger partial charge in [-0.1, -0.05) is 0 Å². The van der Waals surface area contributed by atoms with E-state index in [1.54, 1.807) is 0 Å².